The van der Waals surface area contributed by atoms with E-state index in [4.69, 9.17) is 4.74 Å². The molecule has 2 N–H and O–H groups in total. The number of rotatable bonds is 9. The molecule has 1 rings (SSSR count). The maximum absolute atomic E-state index is 11.5. The molecule has 0 aromatic carbocycles. The van der Waals surface area contributed by atoms with Crippen molar-refractivity contribution in [3.63, 3.8) is 0 Å². The van der Waals surface area contributed by atoms with Crippen molar-refractivity contribution in [3.05, 3.63) is 0 Å². The highest BCUT2D eigenvalue weighted by Crippen LogP contribution is 2.17. The van der Waals surface area contributed by atoms with E-state index in [2.05, 4.69) is 10.2 Å². The molecule has 1 aliphatic rings. The largest absolute Gasteiger partial charge is 0.480 e. The minimum absolute atomic E-state index is 0.313. The zero-order valence-electron chi connectivity index (χ0n) is 13.2. The normalized spacial score (nSPS) is 23.4. The highest BCUT2D eigenvalue weighted by Gasteiger charge is 2.33. The maximum atomic E-state index is 11.5. The third-order valence-electron chi connectivity index (χ3n) is 4.03. The summed E-state index contributed by atoms with van der Waals surface area (Å²) in [5.74, 6) is -0.760. The summed E-state index contributed by atoms with van der Waals surface area (Å²) in [7, 11) is 0. The third-order valence-corrected chi connectivity index (χ3v) is 4.03. The fraction of sp³-hybridized carbons (Fsp3) is 0.933. The SMILES string of the molecule is CCCNC(C)(CCN1CCCC(OCC)C1)C(=O)O. The van der Waals surface area contributed by atoms with Gasteiger partial charge in [-0.15, -0.1) is 0 Å². The smallest absolute Gasteiger partial charge is 0.323 e. The van der Waals surface area contributed by atoms with Gasteiger partial charge in [-0.3, -0.25) is 4.79 Å². The molecule has 2 atom stereocenters. The lowest BCUT2D eigenvalue weighted by Gasteiger charge is -2.35. The van der Waals surface area contributed by atoms with Crippen LogP contribution in [0.3, 0.4) is 0 Å². The second kappa shape index (κ2) is 8.60. The van der Waals surface area contributed by atoms with Crippen molar-refractivity contribution in [1.29, 1.82) is 0 Å². The van der Waals surface area contributed by atoms with Gasteiger partial charge in [0.2, 0.25) is 0 Å². The van der Waals surface area contributed by atoms with Crippen LogP contribution < -0.4 is 5.32 Å². The number of hydrogen-bond acceptors (Lipinski definition) is 4. The van der Waals surface area contributed by atoms with Crippen LogP contribution in [0.25, 0.3) is 0 Å². The maximum Gasteiger partial charge on any atom is 0.323 e. The summed E-state index contributed by atoms with van der Waals surface area (Å²) in [6, 6.07) is 0. The lowest BCUT2D eigenvalue weighted by Crippen LogP contribution is -2.52. The minimum Gasteiger partial charge on any atom is -0.480 e. The van der Waals surface area contributed by atoms with Crippen LogP contribution in [0.1, 0.15) is 46.5 Å². The minimum atomic E-state index is -0.825. The van der Waals surface area contributed by atoms with E-state index in [0.29, 0.717) is 12.5 Å². The number of nitrogens with zero attached hydrogens (tertiary/aromatic N) is 1. The fourth-order valence-electron chi connectivity index (χ4n) is 2.64. The van der Waals surface area contributed by atoms with Crippen LogP contribution in [0.4, 0.5) is 0 Å². The van der Waals surface area contributed by atoms with Gasteiger partial charge >= 0.3 is 5.97 Å². The van der Waals surface area contributed by atoms with Gasteiger partial charge in [-0.2, -0.15) is 0 Å². The van der Waals surface area contributed by atoms with E-state index in [-0.39, 0.29) is 0 Å². The summed E-state index contributed by atoms with van der Waals surface area (Å²) in [6.07, 6.45) is 4.14. The van der Waals surface area contributed by atoms with Gasteiger partial charge in [-0.25, -0.2) is 0 Å². The van der Waals surface area contributed by atoms with E-state index < -0.39 is 11.5 Å². The van der Waals surface area contributed by atoms with Gasteiger partial charge < -0.3 is 20.1 Å². The van der Waals surface area contributed by atoms with Crippen LogP contribution in [-0.2, 0) is 9.53 Å². The van der Waals surface area contributed by atoms with Crippen molar-refractivity contribution in [1.82, 2.24) is 10.2 Å². The molecule has 0 saturated carbocycles. The van der Waals surface area contributed by atoms with Gasteiger partial charge in [0, 0.05) is 19.7 Å². The Morgan fingerprint density at radius 1 is 1.50 bits per heavy atom. The summed E-state index contributed by atoms with van der Waals surface area (Å²) in [5.41, 5.74) is -0.825. The first-order valence-electron chi connectivity index (χ1n) is 7.84. The Bertz CT molecular complexity index is 297. The average Bonchev–Trinajstić information content (AvgIpc) is 2.43. The summed E-state index contributed by atoms with van der Waals surface area (Å²) in [4.78, 5) is 13.8. The van der Waals surface area contributed by atoms with Crippen LogP contribution in [0, 0.1) is 0 Å². The summed E-state index contributed by atoms with van der Waals surface area (Å²) in [6.45, 7) is 10.1. The van der Waals surface area contributed by atoms with Gasteiger partial charge in [0.25, 0.3) is 0 Å². The van der Waals surface area contributed by atoms with Crippen LogP contribution in [0.2, 0.25) is 0 Å². The molecular formula is C15H30N2O3. The standard InChI is InChI=1S/C15H30N2O3/c1-4-9-16-15(3,14(18)19)8-11-17-10-6-7-13(12-17)20-5-2/h13,16H,4-12H2,1-3H3,(H,18,19). The molecule has 2 unspecified atom stereocenters. The van der Waals surface area contributed by atoms with Gasteiger partial charge in [0.05, 0.1) is 6.10 Å². The Balaban J connectivity index is 2.44. The highest BCUT2D eigenvalue weighted by molar-refractivity contribution is 5.78. The van der Waals surface area contributed by atoms with E-state index in [1.807, 2.05) is 13.8 Å². The molecule has 0 radical (unpaired) electrons. The molecule has 0 amide bonds. The predicted octanol–water partition coefficient (Wildman–Crippen LogP) is 1.72. The number of carbonyl (C=O) groups is 1. The van der Waals surface area contributed by atoms with Crippen molar-refractivity contribution >= 4 is 5.97 Å². The molecular weight excluding hydrogens is 256 g/mol. The summed E-state index contributed by atoms with van der Waals surface area (Å²) in [5, 5.41) is 12.6. The molecule has 1 heterocycles. The van der Waals surface area contributed by atoms with Gasteiger partial charge in [0.15, 0.2) is 0 Å². The molecule has 0 aromatic rings. The van der Waals surface area contributed by atoms with Gasteiger partial charge in [-0.1, -0.05) is 6.92 Å². The van der Waals surface area contributed by atoms with E-state index >= 15 is 0 Å². The first kappa shape index (κ1) is 17.4. The molecule has 118 valence electrons. The van der Waals surface area contributed by atoms with Crippen molar-refractivity contribution < 1.29 is 14.6 Å². The molecule has 1 fully saturated rings. The molecule has 1 aliphatic heterocycles. The molecule has 1 saturated heterocycles. The van der Waals surface area contributed by atoms with Gasteiger partial charge in [0.1, 0.15) is 5.54 Å². The number of carboxylic acid groups (broad SMARTS) is 1. The molecule has 0 spiro atoms. The van der Waals surface area contributed by atoms with Crippen molar-refractivity contribution in [3.8, 4) is 0 Å². The Hall–Kier alpha value is -0.650. The van der Waals surface area contributed by atoms with Crippen LogP contribution in [0.15, 0.2) is 0 Å². The zero-order valence-corrected chi connectivity index (χ0v) is 13.2. The van der Waals surface area contributed by atoms with Crippen LogP contribution >= 0.6 is 0 Å². The molecule has 0 aliphatic carbocycles. The number of piperidine rings is 1. The number of likely N-dealkylation sites (tertiary alicyclic amines) is 1. The van der Waals surface area contributed by atoms with Crippen molar-refractivity contribution in [2.45, 2.75) is 58.1 Å². The zero-order chi connectivity index (χ0) is 15.0. The second-order valence-electron chi connectivity index (χ2n) is 5.83. The average molecular weight is 286 g/mol. The lowest BCUT2D eigenvalue weighted by molar-refractivity contribution is -0.144. The number of ether oxygens (including phenoxy) is 1. The van der Waals surface area contributed by atoms with Crippen LogP contribution in [0.5, 0.6) is 0 Å². The van der Waals surface area contributed by atoms with Crippen molar-refractivity contribution in [2.24, 2.45) is 0 Å². The molecule has 0 bridgehead atoms. The lowest BCUT2D eigenvalue weighted by atomic mass is 9.96. The number of nitrogens with one attached hydrogen (secondary N) is 1. The van der Waals surface area contributed by atoms with Crippen molar-refractivity contribution in [2.75, 3.05) is 32.8 Å². The van der Waals surface area contributed by atoms with E-state index in [1.165, 1.54) is 0 Å². The predicted molar refractivity (Wildman–Crippen MR) is 80.0 cm³/mol. The second-order valence-corrected chi connectivity index (χ2v) is 5.83. The molecule has 5 heteroatoms. The Morgan fingerprint density at radius 3 is 2.85 bits per heavy atom. The quantitative estimate of drug-likeness (QED) is 0.676. The van der Waals surface area contributed by atoms with E-state index in [9.17, 15) is 9.90 Å². The third kappa shape index (κ3) is 5.38. The topological polar surface area (TPSA) is 61.8 Å². The highest BCUT2D eigenvalue weighted by atomic mass is 16.5. The number of carboxylic acids is 1. The monoisotopic (exact) mass is 286 g/mol. The fourth-order valence-corrected chi connectivity index (χ4v) is 2.64. The Labute approximate surface area is 122 Å². The van der Waals surface area contributed by atoms with Crippen LogP contribution in [-0.4, -0.2) is 60.4 Å². The molecule has 5 nitrogen and oxygen atoms in total. The van der Waals surface area contributed by atoms with Gasteiger partial charge in [-0.05, 0) is 52.6 Å². The van der Waals surface area contributed by atoms with E-state index in [1.54, 1.807) is 6.92 Å². The molecule has 0 aromatic heterocycles. The number of hydrogen-bond donors (Lipinski definition) is 2. The summed E-state index contributed by atoms with van der Waals surface area (Å²) < 4.78 is 5.68. The first-order chi connectivity index (χ1) is 9.51. The Morgan fingerprint density at radius 2 is 2.25 bits per heavy atom. The Kier molecular flexibility index (Phi) is 7.48. The van der Waals surface area contributed by atoms with E-state index in [0.717, 1.165) is 52.0 Å². The summed E-state index contributed by atoms with van der Waals surface area (Å²) >= 11 is 0. The first-order valence-corrected chi connectivity index (χ1v) is 7.84. The number of aliphatic carboxylic acids is 1. The molecule has 20 heavy (non-hydrogen) atoms.